The highest BCUT2D eigenvalue weighted by molar-refractivity contribution is 6.16. The second-order valence-corrected chi connectivity index (χ2v) is 7.82. The predicted molar refractivity (Wildman–Crippen MR) is 134 cm³/mol. The quantitative estimate of drug-likeness (QED) is 0.377. The second kappa shape index (κ2) is 12.6. The van der Waals surface area contributed by atoms with E-state index in [-0.39, 0.29) is 36.2 Å². The van der Waals surface area contributed by atoms with E-state index < -0.39 is 5.97 Å². The first-order valence-electron chi connectivity index (χ1n) is 11.5. The van der Waals surface area contributed by atoms with Crippen molar-refractivity contribution in [2.75, 3.05) is 45.9 Å². The van der Waals surface area contributed by atoms with Gasteiger partial charge in [0.05, 0.1) is 31.5 Å². The summed E-state index contributed by atoms with van der Waals surface area (Å²) in [5, 5.41) is 2.75. The Bertz CT molecular complexity index is 1150. The van der Waals surface area contributed by atoms with Crippen LogP contribution >= 0.6 is 0 Å². The molecule has 0 atom stereocenters. The third-order valence-corrected chi connectivity index (χ3v) is 5.44. The highest BCUT2D eigenvalue weighted by Crippen LogP contribution is 2.31. The number of hydrogen-bond donors (Lipinski definition) is 1. The maximum atomic E-state index is 13.1. The molecule has 9 heteroatoms. The summed E-state index contributed by atoms with van der Waals surface area (Å²) in [7, 11) is 3.12. The summed E-state index contributed by atoms with van der Waals surface area (Å²) in [5.74, 6) is 0.0411. The predicted octanol–water partition coefficient (Wildman–Crippen LogP) is 3.42. The van der Waals surface area contributed by atoms with Crippen LogP contribution in [0.1, 0.15) is 19.4 Å². The summed E-state index contributed by atoms with van der Waals surface area (Å²) in [4.78, 5) is 39.3. The zero-order valence-corrected chi connectivity index (χ0v) is 20.8. The first kappa shape index (κ1) is 26.5. The van der Waals surface area contributed by atoms with Crippen molar-refractivity contribution in [2.45, 2.75) is 13.8 Å². The summed E-state index contributed by atoms with van der Waals surface area (Å²) in [5.41, 5.74) is 2.36. The van der Waals surface area contributed by atoms with Gasteiger partial charge in [-0.3, -0.25) is 9.59 Å². The van der Waals surface area contributed by atoms with Gasteiger partial charge >= 0.3 is 5.97 Å². The van der Waals surface area contributed by atoms with Crippen LogP contribution < -0.4 is 14.8 Å². The molecule has 0 fully saturated rings. The molecule has 0 radical (unpaired) electrons. The highest BCUT2D eigenvalue weighted by atomic mass is 16.5. The van der Waals surface area contributed by atoms with Crippen LogP contribution in [0.2, 0.25) is 0 Å². The van der Waals surface area contributed by atoms with Crippen LogP contribution in [-0.4, -0.2) is 63.3 Å². The molecular weight excluding hydrogens is 464 g/mol. The molecule has 2 amide bonds. The van der Waals surface area contributed by atoms with Gasteiger partial charge in [-0.15, -0.1) is 0 Å². The standard InChI is InChI=1S/C27H30N2O7/c1-5-35-27(32)25-18(2)29(14-15-33-3)26(31)23(25)16-19-6-10-22(11-7-19)36-17-24(30)28-20-8-12-21(34-4)13-9-20/h6-13,16H,5,14-15,17H2,1-4H3,(H,28,30). The van der Waals surface area contributed by atoms with E-state index in [0.29, 0.717) is 41.6 Å². The fourth-order valence-electron chi connectivity index (χ4n) is 3.63. The van der Waals surface area contributed by atoms with Crippen molar-refractivity contribution in [1.82, 2.24) is 4.90 Å². The molecule has 0 bridgehead atoms. The van der Waals surface area contributed by atoms with Gasteiger partial charge in [0.15, 0.2) is 6.61 Å². The molecule has 190 valence electrons. The van der Waals surface area contributed by atoms with Gasteiger partial charge in [-0.2, -0.15) is 0 Å². The van der Waals surface area contributed by atoms with Crippen molar-refractivity contribution in [3.05, 3.63) is 70.9 Å². The van der Waals surface area contributed by atoms with Crippen LogP contribution in [0.5, 0.6) is 11.5 Å². The van der Waals surface area contributed by atoms with Gasteiger partial charge in [0.25, 0.3) is 11.8 Å². The van der Waals surface area contributed by atoms with E-state index >= 15 is 0 Å². The van der Waals surface area contributed by atoms with Crippen molar-refractivity contribution >= 4 is 29.5 Å². The van der Waals surface area contributed by atoms with Gasteiger partial charge in [0, 0.05) is 25.0 Å². The number of nitrogens with one attached hydrogen (secondary N) is 1. The molecule has 0 unspecified atom stereocenters. The molecule has 0 spiro atoms. The van der Waals surface area contributed by atoms with Crippen LogP contribution in [0.15, 0.2) is 65.4 Å². The van der Waals surface area contributed by atoms with E-state index in [1.54, 1.807) is 82.7 Å². The zero-order valence-electron chi connectivity index (χ0n) is 20.8. The highest BCUT2D eigenvalue weighted by Gasteiger charge is 2.36. The number of benzene rings is 2. The van der Waals surface area contributed by atoms with Crippen LogP contribution in [0.4, 0.5) is 5.69 Å². The number of allylic oxidation sites excluding steroid dienone is 1. The van der Waals surface area contributed by atoms with Crippen molar-refractivity contribution < 1.29 is 33.3 Å². The Morgan fingerprint density at radius 1 is 1.00 bits per heavy atom. The van der Waals surface area contributed by atoms with E-state index in [1.165, 1.54) is 4.90 Å². The smallest absolute Gasteiger partial charge is 0.340 e. The Morgan fingerprint density at radius 3 is 2.28 bits per heavy atom. The molecule has 3 rings (SSSR count). The number of amides is 2. The summed E-state index contributed by atoms with van der Waals surface area (Å²) < 4.78 is 20.9. The minimum Gasteiger partial charge on any atom is -0.497 e. The maximum Gasteiger partial charge on any atom is 0.340 e. The molecule has 1 aliphatic rings. The van der Waals surface area contributed by atoms with Gasteiger partial charge in [-0.05, 0) is 61.9 Å². The third-order valence-electron chi connectivity index (χ3n) is 5.44. The van der Waals surface area contributed by atoms with E-state index in [1.807, 2.05) is 0 Å². The van der Waals surface area contributed by atoms with Crippen molar-refractivity contribution in [2.24, 2.45) is 0 Å². The van der Waals surface area contributed by atoms with Crippen molar-refractivity contribution in [1.29, 1.82) is 0 Å². The van der Waals surface area contributed by atoms with E-state index in [9.17, 15) is 14.4 Å². The van der Waals surface area contributed by atoms with Crippen LogP contribution in [0, 0.1) is 0 Å². The molecule has 1 N–H and O–H groups in total. The monoisotopic (exact) mass is 494 g/mol. The average molecular weight is 495 g/mol. The third kappa shape index (κ3) is 6.51. The molecule has 9 nitrogen and oxygen atoms in total. The lowest BCUT2D eigenvalue weighted by Crippen LogP contribution is -2.28. The van der Waals surface area contributed by atoms with Crippen molar-refractivity contribution in [3.63, 3.8) is 0 Å². The van der Waals surface area contributed by atoms with Crippen molar-refractivity contribution in [3.8, 4) is 11.5 Å². The first-order valence-corrected chi connectivity index (χ1v) is 11.5. The molecule has 2 aromatic rings. The maximum absolute atomic E-state index is 13.1. The minimum absolute atomic E-state index is 0.172. The number of carbonyl (C=O) groups excluding carboxylic acids is 3. The number of carbonyl (C=O) groups is 3. The normalized spacial score (nSPS) is 14.3. The Morgan fingerprint density at radius 2 is 1.67 bits per heavy atom. The Kier molecular flexibility index (Phi) is 9.24. The number of rotatable bonds is 11. The molecular formula is C27H30N2O7. The topological polar surface area (TPSA) is 103 Å². The molecule has 0 aliphatic carbocycles. The summed E-state index contributed by atoms with van der Waals surface area (Å²) >= 11 is 0. The van der Waals surface area contributed by atoms with Gasteiger partial charge in [0.1, 0.15) is 11.5 Å². The van der Waals surface area contributed by atoms with Gasteiger partial charge in [-0.25, -0.2) is 4.79 Å². The first-order chi connectivity index (χ1) is 17.4. The number of ether oxygens (including phenoxy) is 4. The molecule has 0 saturated carbocycles. The Labute approximate surface area is 210 Å². The Balaban J connectivity index is 1.68. The second-order valence-electron chi connectivity index (χ2n) is 7.82. The number of anilines is 1. The molecule has 1 heterocycles. The summed E-state index contributed by atoms with van der Waals surface area (Å²) in [6, 6.07) is 13.8. The largest absolute Gasteiger partial charge is 0.497 e. The lowest BCUT2D eigenvalue weighted by Gasteiger charge is -2.16. The summed E-state index contributed by atoms with van der Waals surface area (Å²) in [6.07, 6.45) is 1.64. The molecule has 1 aliphatic heterocycles. The fourth-order valence-corrected chi connectivity index (χ4v) is 3.63. The molecule has 0 saturated heterocycles. The molecule has 36 heavy (non-hydrogen) atoms. The van der Waals surface area contributed by atoms with Crippen LogP contribution in [0.3, 0.4) is 0 Å². The minimum atomic E-state index is -0.544. The van der Waals surface area contributed by atoms with Gasteiger partial charge < -0.3 is 29.2 Å². The molecule has 0 aromatic heterocycles. The number of nitrogens with zero attached hydrogens (tertiary/aromatic N) is 1. The van der Waals surface area contributed by atoms with Crippen LogP contribution in [-0.2, 0) is 23.9 Å². The number of esters is 1. The lowest BCUT2D eigenvalue weighted by molar-refractivity contribution is -0.138. The van der Waals surface area contributed by atoms with E-state index in [4.69, 9.17) is 18.9 Å². The fraction of sp³-hybridized carbons (Fsp3) is 0.296. The summed E-state index contributed by atoms with van der Waals surface area (Å²) in [6.45, 7) is 4.13. The SMILES string of the molecule is CCOC(=O)C1=C(C)N(CCOC)C(=O)C1=Cc1ccc(OCC(=O)Nc2ccc(OC)cc2)cc1. The van der Waals surface area contributed by atoms with Crippen LogP contribution in [0.25, 0.3) is 6.08 Å². The van der Waals surface area contributed by atoms with E-state index in [0.717, 1.165) is 0 Å². The lowest BCUT2D eigenvalue weighted by atomic mass is 10.0. The van der Waals surface area contributed by atoms with Gasteiger partial charge in [0.2, 0.25) is 0 Å². The molecule has 2 aromatic carbocycles. The van der Waals surface area contributed by atoms with Gasteiger partial charge in [-0.1, -0.05) is 12.1 Å². The zero-order chi connectivity index (χ0) is 26.1. The number of hydrogen-bond acceptors (Lipinski definition) is 7. The Hall–Kier alpha value is -4.11. The average Bonchev–Trinajstić information content (AvgIpc) is 3.11. The number of methoxy groups -OCH3 is 2. The van der Waals surface area contributed by atoms with E-state index in [2.05, 4.69) is 5.32 Å².